The second kappa shape index (κ2) is 8.39. The number of phosphoric acid groups is 1. The minimum absolute atomic E-state index is 0. The molecule has 0 aliphatic heterocycles. The summed E-state index contributed by atoms with van der Waals surface area (Å²) in [6, 6.07) is 5.48. The van der Waals surface area contributed by atoms with Crippen LogP contribution >= 0.6 is 7.82 Å². The van der Waals surface area contributed by atoms with Crippen molar-refractivity contribution < 1.29 is 68.6 Å². The normalized spacial score (nSPS) is 9.50. The van der Waals surface area contributed by atoms with Crippen LogP contribution in [0.4, 0.5) is 0 Å². The van der Waals surface area contributed by atoms with E-state index >= 15 is 0 Å². The van der Waals surface area contributed by atoms with E-state index < -0.39 is 19.8 Å². The summed E-state index contributed by atoms with van der Waals surface area (Å²) in [7, 11) is -4.89. The van der Waals surface area contributed by atoms with Gasteiger partial charge >= 0.3 is 41.5 Å². The Kier molecular flexibility index (Phi) is 9.13. The summed E-state index contributed by atoms with van der Waals surface area (Å²) in [6.07, 6.45) is 0. The second-order valence-corrected chi connectivity index (χ2v) is 3.63. The Bertz CT molecular complexity index is 427. The smallest absolute Gasteiger partial charge is 0.756 e. The number of aromatic carboxylic acids is 2. The van der Waals surface area contributed by atoms with Gasteiger partial charge in [0.15, 0.2) is 0 Å². The number of rotatable bonds is 2. The predicted octanol–water partition coefficient (Wildman–Crippen LogP) is -3.47. The summed E-state index contributed by atoms with van der Waals surface area (Å²) in [4.78, 5) is 43.8. The first kappa shape index (κ1) is 19.6. The third-order valence-electron chi connectivity index (χ3n) is 1.39. The zero-order valence-electron chi connectivity index (χ0n) is 9.18. The molecule has 4 N–H and O–H groups in total. The summed E-state index contributed by atoms with van der Waals surface area (Å²) in [5, 5.41) is 17.1. The van der Waals surface area contributed by atoms with Crippen molar-refractivity contribution in [1.29, 1.82) is 0 Å². The van der Waals surface area contributed by atoms with E-state index in [0.29, 0.717) is 0 Å². The molecule has 0 radical (unpaired) electrons. The van der Waals surface area contributed by atoms with Gasteiger partial charge in [-0.3, -0.25) is 4.57 Å². The molecule has 18 heavy (non-hydrogen) atoms. The first-order valence-electron chi connectivity index (χ1n) is 3.95. The molecule has 0 saturated carbocycles. The molecule has 10 heteroatoms. The summed E-state index contributed by atoms with van der Waals surface area (Å²) < 4.78 is 8.77. The molecule has 0 heterocycles. The molecule has 0 amide bonds. The fourth-order valence-corrected chi connectivity index (χ4v) is 0.856. The molecule has 0 aliphatic rings. The van der Waals surface area contributed by atoms with Crippen LogP contribution in [0.1, 0.15) is 20.7 Å². The van der Waals surface area contributed by atoms with E-state index in [4.69, 9.17) is 29.5 Å². The van der Waals surface area contributed by atoms with Crippen molar-refractivity contribution in [3.8, 4) is 0 Å². The zero-order valence-corrected chi connectivity index (χ0v) is 12.1. The van der Waals surface area contributed by atoms with Gasteiger partial charge in [-0.05, 0) is 12.1 Å². The first-order valence-corrected chi connectivity index (χ1v) is 5.48. The third-order valence-corrected chi connectivity index (χ3v) is 1.39. The molecule has 0 aliphatic carbocycles. The fraction of sp³-hybridized carbons (Fsp3) is 0. The molecule has 1 aromatic rings. The Hall–Kier alpha value is -0.730. The Morgan fingerprint density at radius 3 is 1.39 bits per heavy atom. The number of carbonyl (C=O) groups is 2. The molecule has 0 bridgehead atoms. The van der Waals surface area contributed by atoms with E-state index in [9.17, 15) is 9.59 Å². The Balaban J connectivity index is 0. The number of hydrogen-bond donors (Lipinski definition) is 4. The molecule has 8 nitrogen and oxygen atoms in total. The Morgan fingerprint density at radius 1 is 1.00 bits per heavy atom. The van der Waals surface area contributed by atoms with Gasteiger partial charge in [-0.2, -0.15) is 0 Å². The van der Waals surface area contributed by atoms with Gasteiger partial charge in [0.2, 0.25) is 0 Å². The summed E-state index contributed by atoms with van der Waals surface area (Å²) in [6.45, 7) is 0. The molecule has 0 spiro atoms. The van der Waals surface area contributed by atoms with Crippen molar-refractivity contribution in [2.75, 3.05) is 0 Å². The fourth-order valence-electron chi connectivity index (χ4n) is 0.856. The maximum absolute atomic E-state index is 10.5. The molecular weight excluding hydrogens is 278 g/mol. The first-order chi connectivity index (χ1) is 7.63. The molecule has 1 rings (SSSR count). The number of benzene rings is 1. The number of carboxylic acids is 2. The van der Waals surface area contributed by atoms with E-state index in [-0.39, 0.29) is 40.7 Å². The van der Waals surface area contributed by atoms with E-state index in [2.05, 4.69) is 0 Å². The van der Waals surface area contributed by atoms with Crippen molar-refractivity contribution in [1.82, 2.24) is 0 Å². The largest absolute Gasteiger partial charge is 1.00 e. The SMILES string of the molecule is O=C(O)c1ccccc1C(=O)O.O=P([O-])(O)O.[Na+]. The maximum atomic E-state index is 10.5. The maximum Gasteiger partial charge on any atom is 1.00 e. The predicted molar refractivity (Wildman–Crippen MR) is 52.4 cm³/mol. The molecule has 0 aromatic heterocycles. The molecular formula is C8H8NaO8P. The van der Waals surface area contributed by atoms with Crippen LogP contribution in [0, 0.1) is 0 Å². The van der Waals surface area contributed by atoms with Gasteiger partial charge in [0.05, 0.1) is 11.1 Å². The summed E-state index contributed by atoms with van der Waals surface area (Å²) >= 11 is 0. The van der Waals surface area contributed by atoms with E-state index in [0.717, 1.165) is 0 Å². The Labute approximate surface area is 123 Å². The minimum Gasteiger partial charge on any atom is -0.756 e. The van der Waals surface area contributed by atoms with Gasteiger partial charge in [0.1, 0.15) is 0 Å². The van der Waals surface area contributed by atoms with Crippen molar-refractivity contribution in [2.45, 2.75) is 0 Å². The van der Waals surface area contributed by atoms with Crippen molar-refractivity contribution in [3.63, 3.8) is 0 Å². The molecule has 1 aromatic carbocycles. The molecule has 0 atom stereocenters. The summed E-state index contributed by atoms with van der Waals surface area (Å²) in [5.41, 5.74) is -0.380. The molecule has 0 fully saturated rings. The Morgan fingerprint density at radius 2 is 1.22 bits per heavy atom. The van der Waals surface area contributed by atoms with Crippen LogP contribution < -0.4 is 34.5 Å². The van der Waals surface area contributed by atoms with Crippen molar-refractivity contribution in [2.24, 2.45) is 0 Å². The van der Waals surface area contributed by atoms with Crippen LogP contribution in [-0.2, 0) is 4.57 Å². The average molecular weight is 286 g/mol. The van der Waals surface area contributed by atoms with Gasteiger partial charge in [-0.1, -0.05) is 12.1 Å². The summed E-state index contributed by atoms with van der Waals surface area (Å²) in [5.74, 6) is -2.46. The van der Waals surface area contributed by atoms with E-state index in [1.165, 1.54) is 24.3 Å². The van der Waals surface area contributed by atoms with Crippen LogP contribution in [0.15, 0.2) is 24.3 Å². The zero-order chi connectivity index (χ0) is 13.6. The molecule has 0 unspecified atom stereocenters. The van der Waals surface area contributed by atoms with Crippen molar-refractivity contribution >= 4 is 19.8 Å². The van der Waals surface area contributed by atoms with Crippen LogP contribution in [0.3, 0.4) is 0 Å². The van der Waals surface area contributed by atoms with Gasteiger partial charge in [-0.25, -0.2) is 9.59 Å². The van der Waals surface area contributed by atoms with Crippen LogP contribution in [0.25, 0.3) is 0 Å². The second-order valence-electron chi connectivity index (χ2n) is 2.65. The van der Waals surface area contributed by atoms with E-state index in [1.807, 2.05) is 0 Å². The number of hydrogen-bond acceptors (Lipinski definition) is 4. The molecule has 0 saturated heterocycles. The van der Waals surface area contributed by atoms with Crippen LogP contribution in [0.2, 0.25) is 0 Å². The third kappa shape index (κ3) is 9.32. The monoisotopic (exact) mass is 286 g/mol. The van der Waals surface area contributed by atoms with Gasteiger partial charge in [-0.15, -0.1) is 0 Å². The quantitative estimate of drug-likeness (QED) is 0.323. The van der Waals surface area contributed by atoms with Crippen molar-refractivity contribution in [3.05, 3.63) is 35.4 Å². The van der Waals surface area contributed by atoms with Gasteiger partial charge < -0.3 is 24.9 Å². The van der Waals surface area contributed by atoms with Gasteiger partial charge in [0.25, 0.3) is 7.82 Å². The average Bonchev–Trinajstić information content (AvgIpc) is 2.15. The van der Waals surface area contributed by atoms with Crippen LogP contribution in [-0.4, -0.2) is 31.9 Å². The molecule has 94 valence electrons. The van der Waals surface area contributed by atoms with E-state index in [1.54, 1.807) is 0 Å². The standard InChI is InChI=1S/C8H6O4.Na.H3O4P/c9-7(10)5-3-1-2-4-6(5)8(11)12;;1-5(2,3)4/h1-4H,(H,9,10)(H,11,12);;(H3,1,2,3,4)/q;+1;/p-1. The van der Waals surface area contributed by atoms with Crippen LogP contribution in [0.5, 0.6) is 0 Å². The topological polar surface area (TPSA) is 155 Å². The van der Waals surface area contributed by atoms with Gasteiger partial charge in [0, 0.05) is 0 Å². The minimum atomic E-state index is -4.89. The number of carboxylic acid groups (broad SMARTS) is 2.